The second-order valence-corrected chi connectivity index (χ2v) is 5.78. The van der Waals surface area contributed by atoms with Crippen LogP contribution in [0.2, 0.25) is 0 Å². The maximum absolute atomic E-state index is 11.8. The van der Waals surface area contributed by atoms with Crippen LogP contribution in [0.1, 0.15) is 43.0 Å². The molecule has 6 nitrogen and oxygen atoms in total. The molecule has 1 fully saturated rings. The van der Waals surface area contributed by atoms with Gasteiger partial charge in [-0.1, -0.05) is 25.7 Å². The largest absolute Gasteiger partial charge is 0.449 e. The highest BCUT2D eigenvalue weighted by atomic mass is 16.6. The van der Waals surface area contributed by atoms with Gasteiger partial charge in [0.25, 0.3) is 5.69 Å². The zero-order valence-corrected chi connectivity index (χ0v) is 13.1. The molecule has 6 heteroatoms. The number of carbonyl (C=O) groups excluding carboxylic acids is 1. The summed E-state index contributed by atoms with van der Waals surface area (Å²) in [5.74, 6) is 1.99. The van der Waals surface area contributed by atoms with Crippen LogP contribution in [-0.2, 0) is 4.74 Å². The van der Waals surface area contributed by atoms with Crippen molar-refractivity contribution in [2.24, 2.45) is 5.92 Å². The first kappa shape index (κ1) is 16.8. The van der Waals surface area contributed by atoms with Gasteiger partial charge in [-0.15, -0.1) is 6.42 Å². The van der Waals surface area contributed by atoms with E-state index in [1.54, 1.807) is 6.07 Å². The Morgan fingerprint density at radius 1 is 1.48 bits per heavy atom. The number of hydrogen-bond acceptors (Lipinski definition) is 5. The molecule has 0 aliphatic heterocycles. The Labute approximate surface area is 135 Å². The van der Waals surface area contributed by atoms with E-state index in [1.807, 2.05) is 0 Å². The predicted molar refractivity (Wildman–Crippen MR) is 87.3 cm³/mol. The number of nitro benzene ring substituents is 1. The Kier molecular flexibility index (Phi) is 5.58. The topological polar surface area (TPSA) is 81.5 Å². The molecule has 0 spiro atoms. The molecule has 1 aliphatic rings. The number of nitro groups is 1. The lowest BCUT2D eigenvalue weighted by Gasteiger charge is -2.30. The van der Waals surface area contributed by atoms with Gasteiger partial charge in [-0.2, -0.15) is 0 Å². The monoisotopic (exact) mass is 316 g/mol. The van der Waals surface area contributed by atoms with Gasteiger partial charge in [0.1, 0.15) is 5.69 Å². The second kappa shape index (κ2) is 7.63. The number of benzene rings is 1. The predicted octanol–water partition coefficient (Wildman–Crippen LogP) is 3.38. The molecule has 1 aromatic carbocycles. The van der Waals surface area contributed by atoms with E-state index in [0.29, 0.717) is 11.6 Å². The Balaban J connectivity index is 2.21. The summed E-state index contributed by atoms with van der Waals surface area (Å²) in [6.07, 6.45) is 9.45. The molecule has 0 heterocycles. The van der Waals surface area contributed by atoms with Crippen molar-refractivity contribution in [2.45, 2.75) is 38.6 Å². The van der Waals surface area contributed by atoms with Gasteiger partial charge in [-0.3, -0.25) is 10.1 Å². The van der Waals surface area contributed by atoms with Crippen molar-refractivity contribution < 1.29 is 14.5 Å². The smallest absolute Gasteiger partial charge is 0.339 e. The molecule has 1 aromatic rings. The number of hydrogen-bond donors (Lipinski definition) is 1. The number of carbonyl (C=O) groups is 1. The van der Waals surface area contributed by atoms with Crippen molar-refractivity contribution >= 4 is 17.3 Å². The van der Waals surface area contributed by atoms with Gasteiger partial charge in [0.2, 0.25) is 0 Å². The zero-order valence-electron chi connectivity index (χ0n) is 13.1. The van der Waals surface area contributed by atoms with Crippen LogP contribution >= 0.6 is 0 Å². The molecule has 122 valence electrons. The van der Waals surface area contributed by atoms with E-state index in [9.17, 15) is 14.9 Å². The highest BCUT2D eigenvalue weighted by Crippen LogP contribution is 2.31. The van der Waals surface area contributed by atoms with Gasteiger partial charge in [0, 0.05) is 12.1 Å². The first-order valence-electron chi connectivity index (χ1n) is 7.68. The molecule has 0 aromatic heterocycles. The van der Waals surface area contributed by atoms with E-state index in [1.165, 1.54) is 18.6 Å². The van der Waals surface area contributed by atoms with Crippen molar-refractivity contribution in [3.63, 3.8) is 0 Å². The van der Waals surface area contributed by atoms with Crippen LogP contribution in [0.4, 0.5) is 11.4 Å². The van der Waals surface area contributed by atoms with Gasteiger partial charge in [0.05, 0.1) is 10.5 Å². The summed E-state index contributed by atoms with van der Waals surface area (Å²) in [5, 5.41) is 14.6. The van der Waals surface area contributed by atoms with Gasteiger partial charge in [0.15, 0.2) is 6.61 Å². The molecule has 0 amide bonds. The Morgan fingerprint density at radius 3 is 2.87 bits per heavy atom. The minimum Gasteiger partial charge on any atom is -0.449 e. The van der Waals surface area contributed by atoms with E-state index in [-0.39, 0.29) is 23.9 Å². The lowest BCUT2D eigenvalue weighted by molar-refractivity contribution is -0.384. The summed E-state index contributed by atoms with van der Waals surface area (Å²) in [6.45, 7) is 1.99. The number of anilines is 1. The minimum absolute atomic E-state index is 0.120. The number of esters is 1. The maximum atomic E-state index is 11.8. The van der Waals surface area contributed by atoms with Gasteiger partial charge >= 0.3 is 5.97 Å². The fourth-order valence-corrected chi connectivity index (χ4v) is 2.85. The lowest BCUT2D eigenvalue weighted by atomic mass is 9.86. The molecule has 1 N–H and O–H groups in total. The van der Waals surface area contributed by atoms with E-state index < -0.39 is 10.9 Å². The average molecular weight is 316 g/mol. The molecule has 23 heavy (non-hydrogen) atoms. The molecule has 0 unspecified atom stereocenters. The van der Waals surface area contributed by atoms with Gasteiger partial charge in [-0.25, -0.2) is 4.79 Å². The first-order chi connectivity index (χ1) is 11.0. The molecule has 0 bridgehead atoms. The zero-order chi connectivity index (χ0) is 16.8. The van der Waals surface area contributed by atoms with Crippen LogP contribution in [0.5, 0.6) is 0 Å². The summed E-state index contributed by atoms with van der Waals surface area (Å²) >= 11 is 0. The van der Waals surface area contributed by atoms with E-state index in [0.717, 1.165) is 19.3 Å². The van der Waals surface area contributed by atoms with Crippen molar-refractivity contribution in [1.29, 1.82) is 0 Å². The molecule has 1 saturated carbocycles. The van der Waals surface area contributed by atoms with Gasteiger partial charge < -0.3 is 10.1 Å². The molecule has 0 saturated heterocycles. The summed E-state index contributed by atoms with van der Waals surface area (Å²) in [7, 11) is 0. The number of nitrogens with one attached hydrogen (secondary N) is 1. The quantitative estimate of drug-likeness (QED) is 0.390. The fourth-order valence-electron chi connectivity index (χ4n) is 2.85. The lowest BCUT2D eigenvalue weighted by Crippen LogP contribution is -2.30. The fraction of sp³-hybridized carbons (Fsp3) is 0.471. The summed E-state index contributed by atoms with van der Waals surface area (Å²) in [4.78, 5) is 22.6. The number of ether oxygens (including phenoxy) is 1. The highest BCUT2D eigenvalue weighted by Gasteiger charge is 2.25. The molecule has 2 rings (SSSR count). The normalized spacial score (nSPS) is 20.3. The highest BCUT2D eigenvalue weighted by molar-refractivity contribution is 5.91. The maximum Gasteiger partial charge on any atom is 0.339 e. The molecular weight excluding hydrogens is 296 g/mol. The molecular formula is C17H20N2O4. The summed E-state index contributed by atoms with van der Waals surface area (Å²) in [6, 6.07) is 4.52. The van der Waals surface area contributed by atoms with Crippen molar-refractivity contribution in [1.82, 2.24) is 0 Å². The minimum atomic E-state index is -0.663. The second-order valence-electron chi connectivity index (χ2n) is 5.78. The van der Waals surface area contributed by atoms with Crippen LogP contribution in [-0.4, -0.2) is 23.5 Å². The first-order valence-corrected chi connectivity index (χ1v) is 7.68. The third-order valence-electron chi connectivity index (χ3n) is 4.17. The molecule has 1 aliphatic carbocycles. The van der Waals surface area contributed by atoms with Crippen LogP contribution in [0.15, 0.2) is 18.2 Å². The van der Waals surface area contributed by atoms with Crippen molar-refractivity contribution in [2.75, 3.05) is 11.9 Å². The van der Waals surface area contributed by atoms with Crippen molar-refractivity contribution in [3.05, 3.63) is 33.9 Å². The van der Waals surface area contributed by atoms with Crippen LogP contribution < -0.4 is 5.32 Å². The van der Waals surface area contributed by atoms with Crippen LogP contribution in [0.3, 0.4) is 0 Å². The van der Waals surface area contributed by atoms with E-state index in [4.69, 9.17) is 11.2 Å². The van der Waals surface area contributed by atoms with Crippen LogP contribution in [0, 0.1) is 28.4 Å². The van der Waals surface area contributed by atoms with Crippen LogP contribution in [0.25, 0.3) is 0 Å². The molecule has 0 radical (unpaired) electrons. The average Bonchev–Trinajstić information content (AvgIpc) is 2.54. The summed E-state index contributed by atoms with van der Waals surface area (Å²) < 4.78 is 4.80. The Morgan fingerprint density at radius 2 is 2.22 bits per heavy atom. The standard InChI is InChI=1S/C17H20N2O4/c1-3-10-23-17(20)13-8-9-15(16(11-13)19(21)22)18-14-7-5-4-6-12(14)2/h1,8-9,11-12,14,18H,4-7,10H2,2H3/t12-,14-/m0/s1. The third-order valence-corrected chi connectivity index (χ3v) is 4.17. The number of nitrogens with zero attached hydrogens (tertiary/aromatic N) is 1. The molecule has 2 atom stereocenters. The number of terminal acetylenes is 1. The van der Waals surface area contributed by atoms with Gasteiger partial charge in [-0.05, 0) is 30.9 Å². The SMILES string of the molecule is C#CCOC(=O)c1ccc(N[C@H]2CCCC[C@@H]2C)c([N+](=O)[O-])c1. The summed E-state index contributed by atoms with van der Waals surface area (Å²) in [5.41, 5.74) is 0.425. The Hall–Kier alpha value is -2.55. The van der Waals surface area contributed by atoms with Crippen molar-refractivity contribution in [3.8, 4) is 12.3 Å². The van der Waals surface area contributed by atoms with E-state index >= 15 is 0 Å². The Bertz CT molecular complexity index is 636. The third kappa shape index (κ3) is 4.22. The van der Waals surface area contributed by atoms with E-state index in [2.05, 4.69) is 18.2 Å². The number of rotatable bonds is 5.